The Morgan fingerprint density at radius 2 is 1.52 bits per heavy atom. The summed E-state index contributed by atoms with van der Waals surface area (Å²) in [5.41, 5.74) is 0.827. The molecule has 0 unspecified atom stereocenters. The Bertz CT molecular complexity index is 582. The number of esters is 1. The van der Waals surface area contributed by atoms with Gasteiger partial charge in [0.2, 0.25) is 0 Å². The summed E-state index contributed by atoms with van der Waals surface area (Å²) in [5.74, 6) is 1.04. The summed E-state index contributed by atoms with van der Waals surface area (Å²) in [6.45, 7) is 5.86. The number of methoxy groups -OCH3 is 1. The van der Waals surface area contributed by atoms with Gasteiger partial charge in [-0.3, -0.25) is 4.79 Å². The monoisotopic (exact) mass is 406 g/mol. The quantitative estimate of drug-likeness (QED) is 0.179. The van der Waals surface area contributed by atoms with Crippen LogP contribution >= 0.6 is 0 Å². The summed E-state index contributed by atoms with van der Waals surface area (Å²) in [4.78, 5) is 11.4. The van der Waals surface area contributed by atoms with Gasteiger partial charge in [0.05, 0.1) is 7.11 Å². The van der Waals surface area contributed by atoms with E-state index in [2.05, 4.69) is 13.8 Å². The summed E-state index contributed by atoms with van der Waals surface area (Å²) in [6, 6.07) is 3.16. The van der Waals surface area contributed by atoms with E-state index in [1.807, 2.05) is 0 Å². The number of phenols is 1. The van der Waals surface area contributed by atoms with Crippen molar-refractivity contribution in [1.82, 2.24) is 0 Å². The van der Waals surface area contributed by atoms with Gasteiger partial charge in [-0.25, -0.2) is 0 Å². The lowest BCUT2D eigenvalue weighted by Gasteiger charge is -2.17. The molecular formula is C25H42O4. The molecule has 1 atom stereocenters. The third-order valence-electron chi connectivity index (χ3n) is 5.45. The Morgan fingerprint density at radius 1 is 0.966 bits per heavy atom. The minimum absolute atomic E-state index is 0.134. The number of carbonyl (C=O) groups is 1. The van der Waals surface area contributed by atoms with Crippen LogP contribution in [0, 0.1) is 5.92 Å². The standard InChI is InChI=1S/C25H42O4/c1-5-6-7-8-9-10-11-12-13-14-15-16-20(2)17-22-18-23(27)19-24(28-4)25(22)29-21(3)26/h18-20,27H,5-17H2,1-4H3/t20-/m1/s1. The molecule has 29 heavy (non-hydrogen) atoms. The average molecular weight is 407 g/mol. The molecule has 0 fully saturated rings. The first-order valence-electron chi connectivity index (χ1n) is 11.6. The molecular weight excluding hydrogens is 364 g/mol. The van der Waals surface area contributed by atoms with E-state index in [9.17, 15) is 9.90 Å². The number of ether oxygens (including phenoxy) is 2. The number of unbranched alkanes of at least 4 members (excludes halogenated alkanes) is 10. The number of rotatable bonds is 16. The Balaban J connectivity index is 2.30. The third-order valence-corrected chi connectivity index (χ3v) is 5.45. The minimum atomic E-state index is -0.381. The van der Waals surface area contributed by atoms with E-state index in [0.29, 0.717) is 17.4 Å². The van der Waals surface area contributed by atoms with Gasteiger partial charge in [0.1, 0.15) is 5.75 Å². The minimum Gasteiger partial charge on any atom is -0.508 e. The molecule has 4 nitrogen and oxygen atoms in total. The van der Waals surface area contributed by atoms with Gasteiger partial charge in [-0.05, 0) is 18.4 Å². The van der Waals surface area contributed by atoms with E-state index in [1.165, 1.54) is 90.7 Å². The molecule has 0 amide bonds. The molecule has 0 aromatic heterocycles. The second-order valence-electron chi connectivity index (χ2n) is 8.36. The van der Waals surface area contributed by atoms with Gasteiger partial charge < -0.3 is 14.6 Å². The highest BCUT2D eigenvalue weighted by molar-refractivity contribution is 5.71. The molecule has 0 saturated carbocycles. The molecule has 0 aliphatic carbocycles. The van der Waals surface area contributed by atoms with Gasteiger partial charge in [-0.2, -0.15) is 0 Å². The molecule has 4 heteroatoms. The summed E-state index contributed by atoms with van der Waals surface area (Å²) in [6.07, 6.45) is 16.7. The van der Waals surface area contributed by atoms with Crippen LogP contribution in [0.4, 0.5) is 0 Å². The maximum absolute atomic E-state index is 11.4. The van der Waals surface area contributed by atoms with Crippen molar-refractivity contribution in [3.63, 3.8) is 0 Å². The Kier molecular flexibility index (Phi) is 13.3. The highest BCUT2D eigenvalue weighted by atomic mass is 16.6. The van der Waals surface area contributed by atoms with Crippen LogP contribution in [0.25, 0.3) is 0 Å². The van der Waals surface area contributed by atoms with Gasteiger partial charge in [0.15, 0.2) is 11.5 Å². The molecule has 0 bridgehead atoms. The fourth-order valence-electron chi connectivity index (χ4n) is 3.84. The average Bonchev–Trinajstić information content (AvgIpc) is 2.67. The van der Waals surface area contributed by atoms with Crippen LogP contribution in [0.3, 0.4) is 0 Å². The lowest BCUT2D eigenvalue weighted by atomic mass is 9.94. The normalized spacial score (nSPS) is 12.0. The molecule has 0 radical (unpaired) electrons. The first kappa shape index (κ1) is 25.3. The van der Waals surface area contributed by atoms with Crippen molar-refractivity contribution in [2.75, 3.05) is 7.11 Å². The molecule has 166 valence electrons. The maximum Gasteiger partial charge on any atom is 0.308 e. The Labute approximate surface area is 178 Å². The lowest BCUT2D eigenvalue weighted by molar-refractivity contribution is -0.132. The highest BCUT2D eigenvalue weighted by Gasteiger charge is 2.17. The van der Waals surface area contributed by atoms with Crippen LogP contribution in [0.5, 0.6) is 17.2 Å². The smallest absolute Gasteiger partial charge is 0.308 e. The predicted octanol–water partition coefficient (Wildman–Crippen LogP) is 7.21. The van der Waals surface area contributed by atoms with Crippen LogP contribution in [0.2, 0.25) is 0 Å². The molecule has 0 spiro atoms. The summed E-state index contributed by atoms with van der Waals surface area (Å²) in [5, 5.41) is 9.95. The maximum atomic E-state index is 11.4. The second kappa shape index (κ2) is 15.2. The van der Waals surface area contributed by atoms with Crippen molar-refractivity contribution in [3.8, 4) is 17.2 Å². The van der Waals surface area contributed by atoms with Crippen molar-refractivity contribution >= 4 is 5.97 Å². The van der Waals surface area contributed by atoms with E-state index >= 15 is 0 Å². The van der Waals surface area contributed by atoms with Crippen LogP contribution in [-0.2, 0) is 11.2 Å². The van der Waals surface area contributed by atoms with Crippen molar-refractivity contribution < 1.29 is 19.4 Å². The first-order chi connectivity index (χ1) is 14.0. The van der Waals surface area contributed by atoms with Crippen LogP contribution < -0.4 is 9.47 Å². The molecule has 0 heterocycles. The number of hydrogen-bond acceptors (Lipinski definition) is 4. The van der Waals surface area contributed by atoms with Crippen molar-refractivity contribution in [1.29, 1.82) is 0 Å². The van der Waals surface area contributed by atoms with Crippen molar-refractivity contribution in [2.24, 2.45) is 5.92 Å². The molecule has 0 saturated heterocycles. The summed E-state index contributed by atoms with van der Waals surface area (Å²) in [7, 11) is 1.51. The predicted molar refractivity (Wildman–Crippen MR) is 120 cm³/mol. The van der Waals surface area contributed by atoms with Crippen molar-refractivity contribution in [2.45, 2.75) is 104 Å². The van der Waals surface area contributed by atoms with Gasteiger partial charge in [-0.1, -0.05) is 90.9 Å². The molecule has 1 rings (SSSR count). The van der Waals surface area contributed by atoms with Gasteiger partial charge in [0.25, 0.3) is 0 Å². The number of aromatic hydroxyl groups is 1. The van der Waals surface area contributed by atoms with E-state index < -0.39 is 0 Å². The largest absolute Gasteiger partial charge is 0.508 e. The van der Waals surface area contributed by atoms with E-state index in [0.717, 1.165) is 18.4 Å². The Hall–Kier alpha value is -1.71. The fourth-order valence-corrected chi connectivity index (χ4v) is 3.84. The molecule has 0 aliphatic rings. The molecule has 1 aromatic rings. The van der Waals surface area contributed by atoms with Crippen molar-refractivity contribution in [3.05, 3.63) is 17.7 Å². The Morgan fingerprint density at radius 3 is 2.03 bits per heavy atom. The summed E-state index contributed by atoms with van der Waals surface area (Å²) < 4.78 is 10.6. The third kappa shape index (κ3) is 11.2. The number of carbonyl (C=O) groups excluding carboxylic acids is 1. The topological polar surface area (TPSA) is 55.8 Å². The van der Waals surface area contributed by atoms with Gasteiger partial charge in [-0.15, -0.1) is 0 Å². The van der Waals surface area contributed by atoms with E-state index in [4.69, 9.17) is 9.47 Å². The van der Waals surface area contributed by atoms with Crippen LogP contribution in [0.1, 0.15) is 103 Å². The first-order valence-corrected chi connectivity index (χ1v) is 11.6. The van der Waals surface area contributed by atoms with E-state index in [-0.39, 0.29) is 11.7 Å². The van der Waals surface area contributed by atoms with Gasteiger partial charge >= 0.3 is 5.97 Å². The highest BCUT2D eigenvalue weighted by Crippen LogP contribution is 2.37. The van der Waals surface area contributed by atoms with E-state index in [1.54, 1.807) is 6.07 Å². The SMILES string of the molecule is CCCCCCCCCCCCC[C@@H](C)Cc1cc(O)cc(OC)c1OC(C)=O. The zero-order chi connectivity index (χ0) is 21.5. The molecule has 1 aromatic carbocycles. The number of benzene rings is 1. The zero-order valence-electron chi connectivity index (χ0n) is 19.1. The van der Waals surface area contributed by atoms with Crippen LogP contribution in [0.15, 0.2) is 12.1 Å². The van der Waals surface area contributed by atoms with Gasteiger partial charge in [0, 0.05) is 18.6 Å². The lowest BCUT2D eigenvalue weighted by Crippen LogP contribution is -2.08. The number of phenolic OH excluding ortho intramolecular Hbond substituents is 1. The zero-order valence-corrected chi connectivity index (χ0v) is 19.1. The molecule has 0 aliphatic heterocycles. The second-order valence-corrected chi connectivity index (χ2v) is 8.36. The molecule has 1 N–H and O–H groups in total. The fraction of sp³-hybridized carbons (Fsp3) is 0.720. The van der Waals surface area contributed by atoms with Crippen LogP contribution in [-0.4, -0.2) is 18.2 Å². The summed E-state index contributed by atoms with van der Waals surface area (Å²) >= 11 is 0. The number of hydrogen-bond donors (Lipinski definition) is 1.